The molecule has 0 aromatic heterocycles. The lowest BCUT2D eigenvalue weighted by Crippen LogP contribution is -2.53. The third-order valence-electron chi connectivity index (χ3n) is 6.74. The molecule has 0 aliphatic heterocycles. The summed E-state index contributed by atoms with van der Waals surface area (Å²) in [7, 11) is 0. The molecule has 4 aliphatic rings. The zero-order chi connectivity index (χ0) is 19.2. The average Bonchev–Trinajstić information content (AvgIpc) is 2.54. The Labute approximate surface area is 169 Å². The van der Waals surface area contributed by atoms with Crippen LogP contribution < -0.4 is 5.32 Å². The maximum absolute atomic E-state index is 12.5. The number of carbonyl (C=O) groups excluding carboxylic acids is 2. The van der Waals surface area contributed by atoms with E-state index in [1.54, 1.807) is 0 Å². The van der Waals surface area contributed by atoms with E-state index in [2.05, 4.69) is 21.2 Å². The predicted molar refractivity (Wildman–Crippen MR) is 109 cm³/mol. The SMILES string of the molecule is Cc1cccc(C)c1NC(=O)COC(=O)CC12C[C@H]3C[C@@H](CC(Br)(C3)C1)C2. The molecular formula is C22H28BrNO3. The second-order valence-corrected chi connectivity index (χ2v) is 10.9. The molecule has 0 heterocycles. The number of ether oxygens (including phenoxy) is 1. The van der Waals surface area contributed by atoms with Gasteiger partial charge in [-0.1, -0.05) is 34.1 Å². The molecule has 4 bridgehead atoms. The highest BCUT2D eigenvalue weighted by molar-refractivity contribution is 9.10. The van der Waals surface area contributed by atoms with Crippen molar-refractivity contribution in [3.8, 4) is 0 Å². The summed E-state index contributed by atoms with van der Waals surface area (Å²) in [5.74, 6) is 0.976. The van der Waals surface area contributed by atoms with Gasteiger partial charge in [-0.05, 0) is 80.8 Å². The molecule has 4 saturated carbocycles. The minimum absolute atomic E-state index is 0.0771. The van der Waals surface area contributed by atoms with Crippen LogP contribution in [0.1, 0.15) is 56.1 Å². The molecule has 5 heteroatoms. The third-order valence-corrected chi connectivity index (χ3v) is 7.67. The van der Waals surface area contributed by atoms with Crippen molar-refractivity contribution in [2.24, 2.45) is 17.3 Å². The first-order valence-electron chi connectivity index (χ1n) is 9.97. The van der Waals surface area contributed by atoms with Gasteiger partial charge in [0, 0.05) is 10.0 Å². The van der Waals surface area contributed by atoms with Gasteiger partial charge in [0.15, 0.2) is 6.61 Å². The lowest BCUT2D eigenvalue weighted by molar-refractivity contribution is -0.153. The van der Waals surface area contributed by atoms with E-state index in [0.717, 1.165) is 47.9 Å². The van der Waals surface area contributed by atoms with Gasteiger partial charge in [0.2, 0.25) is 0 Å². The molecule has 5 rings (SSSR count). The van der Waals surface area contributed by atoms with Crippen molar-refractivity contribution in [1.82, 2.24) is 0 Å². The molecule has 27 heavy (non-hydrogen) atoms. The van der Waals surface area contributed by atoms with Crippen LogP contribution in [0.5, 0.6) is 0 Å². The maximum Gasteiger partial charge on any atom is 0.306 e. The van der Waals surface area contributed by atoms with Crippen molar-refractivity contribution in [3.63, 3.8) is 0 Å². The molecule has 0 saturated heterocycles. The molecule has 1 aromatic rings. The summed E-state index contributed by atoms with van der Waals surface area (Å²) in [6, 6.07) is 5.87. The van der Waals surface area contributed by atoms with Crippen molar-refractivity contribution < 1.29 is 14.3 Å². The topological polar surface area (TPSA) is 55.4 Å². The summed E-state index contributed by atoms with van der Waals surface area (Å²) >= 11 is 3.98. The van der Waals surface area contributed by atoms with Crippen LogP contribution in [-0.2, 0) is 14.3 Å². The van der Waals surface area contributed by atoms with Crippen molar-refractivity contribution in [1.29, 1.82) is 0 Å². The Hall–Kier alpha value is -1.36. The monoisotopic (exact) mass is 433 g/mol. The number of hydrogen-bond acceptors (Lipinski definition) is 3. The summed E-state index contributed by atoms with van der Waals surface area (Å²) in [5, 5.41) is 2.88. The second-order valence-electron chi connectivity index (χ2n) is 9.26. The molecule has 0 radical (unpaired) electrons. The van der Waals surface area contributed by atoms with E-state index in [0.29, 0.717) is 6.42 Å². The Balaban J connectivity index is 1.32. The minimum Gasteiger partial charge on any atom is -0.456 e. The summed E-state index contributed by atoms with van der Waals surface area (Å²) in [6.07, 6.45) is 7.61. The molecule has 1 aromatic carbocycles. The number of alkyl halides is 1. The highest BCUT2D eigenvalue weighted by Crippen LogP contribution is 2.65. The van der Waals surface area contributed by atoms with E-state index >= 15 is 0 Å². The van der Waals surface area contributed by atoms with Gasteiger partial charge >= 0.3 is 5.97 Å². The van der Waals surface area contributed by atoms with E-state index in [4.69, 9.17) is 4.74 Å². The average molecular weight is 434 g/mol. The first kappa shape index (κ1) is 19.0. The summed E-state index contributed by atoms with van der Waals surface area (Å²) < 4.78 is 5.59. The van der Waals surface area contributed by atoms with Crippen molar-refractivity contribution in [3.05, 3.63) is 29.3 Å². The van der Waals surface area contributed by atoms with Gasteiger partial charge in [-0.2, -0.15) is 0 Å². The maximum atomic E-state index is 12.5. The van der Waals surface area contributed by atoms with E-state index in [1.165, 1.54) is 19.3 Å². The number of hydrogen-bond donors (Lipinski definition) is 1. The van der Waals surface area contributed by atoms with Gasteiger partial charge in [-0.25, -0.2) is 0 Å². The van der Waals surface area contributed by atoms with Gasteiger partial charge in [0.1, 0.15) is 0 Å². The molecule has 0 spiro atoms. The zero-order valence-corrected chi connectivity index (χ0v) is 17.7. The second kappa shape index (κ2) is 6.91. The molecule has 4 fully saturated rings. The first-order valence-corrected chi connectivity index (χ1v) is 10.8. The Morgan fingerprint density at radius 3 is 2.37 bits per heavy atom. The van der Waals surface area contributed by atoms with Gasteiger partial charge in [-0.15, -0.1) is 0 Å². The number of nitrogens with one attached hydrogen (secondary N) is 1. The van der Waals surface area contributed by atoms with Crippen LogP contribution in [-0.4, -0.2) is 22.8 Å². The Kier molecular flexibility index (Phi) is 4.86. The van der Waals surface area contributed by atoms with Crippen molar-refractivity contribution >= 4 is 33.5 Å². The normalized spacial score (nSPS) is 33.7. The predicted octanol–water partition coefficient (Wildman–Crippen LogP) is 4.91. The molecule has 1 amide bonds. The van der Waals surface area contributed by atoms with Gasteiger partial charge in [-0.3, -0.25) is 9.59 Å². The number of aryl methyl sites for hydroxylation is 2. The molecule has 0 unspecified atom stereocenters. The fourth-order valence-electron chi connectivity index (χ4n) is 6.23. The van der Waals surface area contributed by atoms with E-state index < -0.39 is 0 Å². The highest BCUT2D eigenvalue weighted by atomic mass is 79.9. The van der Waals surface area contributed by atoms with E-state index in [1.807, 2.05) is 32.0 Å². The first-order chi connectivity index (χ1) is 12.8. The van der Waals surface area contributed by atoms with Crippen molar-refractivity contribution in [2.75, 3.05) is 11.9 Å². The van der Waals surface area contributed by atoms with Gasteiger partial charge < -0.3 is 10.1 Å². The highest BCUT2D eigenvalue weighted by Gasteiger charge is 2.57. The largest absolute Gasteiger partial charge is 0.456 e. The lowest BCUT2D eigenvalue weighted by atomic mass is 9.49. The van der Waals surface area contributed by atoms with Crippen LogP contribution in [0.2, 0.25) is 0 Å². The lowest BCUT2D eigenvalue weighted by Gasteiger charge is -2.60. The number of carbonyl (C=O) groups is 2. The standard InChI is InChI=1S/C22H28BrNO3/c1-14-4-3-5-15(2)20(14)24-18(25)12-27-19(26)11-21-7-16-6-17(8-21)10-22(23,9-16)13-21/h3-5,16-17H,6-13H2,1-2H3,(H,24,25)/t16-,17-,21?,22?/m1/s1. The van der Waals surface area contributed by atoms with Crippen LogP contribution in [0.25, 0.3) is 0 Å². The quantitative estimate of drug-likeness (QED) is 0.529. The molecule has 4 aliphatic carbocycles. The van der Waals surface area contributed by atoms with Crippen LogP contribution in [0, 0.1) is 31.1 Å². The summed E-state index contributed by atoms with van der Waals surface area (Å²) in [4.78, 5) is 24.7. The number of esters is 1. The third kappa shape index (κ3) is 3.94. The minimum atomic E-state index is -0.275. The number of anilines is 1. The van der Waals surface area contributed by atoms with Gasteiger partial charge in [0.05, 0.1) is 6.42 Å². The Morgan fingerprint density at radius 1 is 1.15 bits per heavy atom. The van der Waals surface area contributed by atoms with Crippen LogP contribution in [0.4, 0.5) is 5.69 Å². The smallest absolute Gasteiger partial charge is 0.306 e. The summed E-state index contributed by atoms with van der Waals surface area (Å²) in [5.41, 5.74) is 2.89. The number of halogens is 1. The van der Waals surface area contributed by atoms with Crippen LogP contribution in [0.3, 0.4) is 0 Å². The zero-order valence-electron chi connectivity index (χ0n) is 16.1. The molecule has 2 atom stereocenters. The van der Waals surface area contributed by atoms with Crippen LogP contribution >= 0.6 is 15.9 Å². The van der Waals surface area contributed by atoms with E-state index in [9.17, 15) is 9.59 Å². The number of para-hydroxylation sites is 1. The van der Waals surface area contributed by atoms with Crippen molar-refractivity contribution in [2.45, 2.75) is 63.1 Å². The Bertz CT molecular complexity index is 741. The fraction of sp³-hybridized carbons (Fsp3) is 0.636. The molecule has 1 N–H and O–H groups in total. The number of rotatable bonds is 5. The summed E-state index contributed by atoms with van der Waals surface area (Å²) in [6.45, 7) is 3.70. The molecule has 146 valence electrons. The number of amides is 1. The fourth-order valence-corrected chi connectivity index (χ4v) is 7.74. The molecule has 4 nitrogen and oxygen atoms in total. The van der Waals surface area contributed by atoms with Gasteiger partial charge in [0.25, 0.3) is 5.91 Å². The number of benzene rings is 1. The molecular weight excluding hydrogens is 406 g/mol. The van der Waals surface area contributed by atoms with Crippen LogP contribution in [0.15, 0.2) is 18.2 Å². The van der Waals surface area contributed by atoms with E-state index in [-0.39, 0.29) is 28.2 Å². The Morgan fingerprint density at radius 2 is 1.78 bits per heavy atom.